The number of fused-ring (bicyclic) bond motifs is 1. The first-order valence-corrected chi connectivity index (χ1v) is 6.73. The van der Waals surface area contributed by atoms with Gasteiger partial charge < -0.3 is 14.8 Å². The first-order chi connectivity index (χ1) is 8.08. The average Bonchev–Trinajstić information content (AvgIpc) is 2.29. The average molecular weight is 300 g/mol. The van der Waals surface area contributed by atoms with Crippen molar-refractivity contribution in [3.05, 3.63) is 16.6 Å². The van der Waals surface area contributed by atoms with Crippen LogP contribution in [0.2, 0.25) is 0 Å². The van der Waals surface area contributed by atoms with E-state index in [1.165, 1.54) is 0 Å². The number of halogens is 1. The Morgan fingerprint density at radius 2 is 1.71 bits per heavy atom. The fourth-order valence-corrected chi connectivity index (χ4v) is 2.02. The monoisotopic (exact) mass is 299 g/mol. The standard InChI is InChI=1S/C13H18BrNO2/c1-8(2)9(3)15-11-7-13-12(6-10(11)14)16-4-5-17-13/h6-9,15H,4-5H2,1-3H3. The molecule has 1 N–H and O–H groups in total. The van der Waals surface area contributed by atoms with Gasteiger partial charge in [0.1, 0.15) is 13.2 Å². The Kier molecular flexibility index (Phi) is 3.82. The van der Waals surface area contributed by atoms with Gasteiger partial charge in [0.05, 0.1) is 5.69 Å². The largest absolute Gasteiger partial charge is 0.486 e. The maximum Gasteiger partial charge on any atom is 0.163 e. The molecule has 0 bridgehead atoms. The van der Waals surface area contributed by atoms with Gasteiger partial charge in [0, 0.05) is 22.6 Å². The number of hydrogen-bond donors (Lipinski definition) is 1. The lowest BCUT2D eigenvalue weighted by Crippen LogP contribution is -2.22. The smallest absolute Gasteiger partial charge is 0.163 e. The second-order valence-electron chi connectivity index (χ2n) is 4.65. The lowest BCUT2D eigenvalue weighted by Gasteiger charge is -2.23. The Bertz CT molecular complexity index is 407. The van der Waals surface area contributed by atoms with Gasteiger partial charge in [-0.05, 0) is 28.8 Å². The van der Waals surface area contributed by atoms with Gasteiger partial charge in [-0.25, -0.2) is 0 Å². The van der Waals surface area contributed by atoms with Crippen LogP contribution in [0.15, 0.2) is 16.6 Å². The second kappa shape index (κ2) is 5.17. The molecule has 1 unspecified atom stereocenters. The molecule has 4 heteroatoms. The first-order valence-electron chi connectivity index (χ1n) is 5.93. The summed E-state index contributed by atoms with van der Waals surface area (Å²) in [6.07, 6.45) is 0. The van der Waals surface area contributed by atoms with Crippen molar-refractivity contribution < 1.29 is 9.47 Å². The molecule has 1 atom stereocenters. The maximum absolute atomic E-state index is 5.58. The van der Waals surface area contributed by atoms with Crippen LogP contribution < -0.4 is 14.8 Å². The van der Waals surface area contributed by atoms with Crippen LogP contribution in [0.1, 0.15) is 20.8 Å². The third-order valence-corrected chi connectivity index (χ3v) is 3.67. The van der Waals surface area contributed by atoms with E-state index in [1.807, 2.05) is 12.1 Å². The van der Waals surface area contributed by atoms with Gasteiger partial charge in [0.2, 0.25) is 0 Å². The SMILES string of the molecule is CC(C)C(C)Nc1cc2c(cc1Br)OCCO2. The molecule has 0 spiro atoms. The van der Waals surface area contributed by atoms with Crippen molar-refractivity contribution in [3.63, 3.8) is 0 Å². The minimum atomic E-state index is 0.411. The molecule has 1 aromatic carbocycles. The van der Waals surface area contributed by atoms with E-state index in [1.54, 1.807) is 0 Å². The highest BCUT2D eigenvalue weighted by atomic mass is 79.9. The van der Waals surface area contributed by atoms with E-state index in [9.17, 15) is 0 Å². The number of benzene rings is 1. The minimum absolute atomic E-state index is 0.411. The molecule has 3 nitrogen and oxygen atoms in total. The quantitative estimate of drug-likeness (QED) is 0.923. The highest BCUT2D eigenvalue weighted by molar-refractivity contribution is 9.10. The molecule has 0 fully saturated rings. The van der Waals surface area contributed by atoms with Gasteiger partial charge in [-0.2, -0.15) is 0 Å². The van der Waals surface area contributed by atoms with E-state index in [2.05, 4.69) is 42.0 Å². The molecule has 94 valence electrons. The summed E-state index contributed by atoms with van der Waals surface area (Å²) < 4.78 is 12.1. The highest BCUT2D eigenvalue weighted by Crippen LogP contribution is 2.38. The normalized spacial score (nSPS) is 15.8. The van der Waals surface area contributed by atoms with Crippen molar-refractivity contribution in [2.75, 3.05) is 18.5 Å². The predicted molar refractivity (Wildman–Crippen MR) is 73.1 cm³/mol. The van der Waals surface area contributed by atoms with E-state index in [0.717, 1.165) is 21.7 Å². The third kappa shape index (κ3) is 2.86. The lowest BCUT2D eigenvalue weighted by molar-refractivity contribution is 0.171. The second-order valence-corrected chi connectivity index (χ2v) is 5.51. The first kappa shape index (κ1) is 12.6. The van der Waals surface area contributed by atoms with E-state index in [0.29, 0.717) is 25.2 Å². The zero-order chi connectivity index (χ0) is 12.4. The Balaban J connectivity index is 2.22. The van der Waals surface area contributed by atoms with Crippen LogP contribution in [-0.2, 0) is 0 Å². The van der Waals surface area contributed by atoms with Gasteiger partial charge in [0.15, 0.2) is 11.5 Å². The van der Waals surface area contributed by atoms with Crippen LogP contribution in [0, 0.1) is 5.92 Å². The van der Waals surface area contributed by atoms with Gasteiger partial charge in [0.25, 0.3) is 0 Å². The van der Waals surface area contributed by atoms with Crippen molar-refractivity contribution in [2.45, 2.75) is 26.8 Å². The van der Waals surface area contributed by atoms with E-state index < -0.39 is 0 Å². The van der Waals surface area contributed by atoms with Gasteiger partial charge in [-0.1, -0.05) is 13.8 Å². The van der Waals surface area contributed by atoms with E-state index in [-0.39, 0.29) is 0 Å². The summed E-state index contributed by atoms with van der Waals surface area (Å²) in [6.45, 7) is 7.81. The number of ether oxygens (including phenoxy) is 2. The summed E-state index contributed by atoms with van der Waals surface area (Å²) in [5.74, 6) is 2.21. The molecule has 17 heavy (non-hydrogen) atoms. The van der Waals surface area contributed by atoms with Crippen LogP contribution in [0.5, 0.6) is 11.5 Å². The van der Waals surface area contributed by atoms with Gasteiger partial charge in [-0.15, -0.1) is 0 Å². The molecule has 0 aliphatic carbocycles. The van der Waals surface area contributed by atoms with Crippen LogP contribution >= 0.6 is 15.9 Å². The highest BCUT2D eigenvalue weighted by Gasteiger charge is 2.16. The van der Waals surface area contributed by atoms with Crippen molar-refractivity contribution in [1.29, 1.82) is 0 Å². The molecule has 0 amide bonds. The summed E-state index contributed by atoms with van der Waals surface area (Å²) in [5.41, 5.74) is 1.05. The Labute approximate surface area is 111 Å². The molecule has 0 aromatic heterocycles. The summed E-state index contributed by atoms with van der Waals surface area (Å²) in [4.78, 5) is 0. The summed E-state index contributed by atoms with van der Waals surface area (Å²) in [5, 5.41) is 3.48. The number of nitrogens with one attached hydrogen (secondary N) is 1. The number of rotatable bonds is 3. The summed E-state index contributed by atoms with van der Waals surface area (Å²) in [7, 11) is 0. The molecule has 1 aliphatic rings. The molecule has 0 radical (unpaired) electrons. The van der Waals surface area contributed by atoms with Gasteiger partial charge >= 0.3 is 0 Å². The summed E-state index contributed by atoms with van der Waals surface area (Å²) in [6, 6.07) is 4.37. The molecule has 1 aromatic rings. The zero-order valence-corrected chi connectivity index (χ0v) is 12.0. The zero-order valence-electron chi connectivity index (χ0n) is 10.4. The Morgan fingerprint density at radius 3 is 2.29 bits per heavy atom. The van der Waals surface area contributed by atoms with Crippen LogP contribution in [0.3, 0.4) is 0 Å². The Hall–Kier alpha value is -0.900. The molecular formula is C13H18BrNO2. The van der Waals surface area contributed by atoms with Crippen LogP contribution in [-0.4, -0.2) is 19.3 Å². The molecule has 0 saturated heterocycles. The van der Waals surface area contributed by atoms with Crippen molar-refractivity contribution in [2.24, 2.45) is 5.92 Å². The van der Waals surface area contributed by atoms with Crippen LogP contribution in [0.25, 0.3) is 0 Å². The molecular weight excluding hydrogens is 282 g/mol. The van der Waals surface area contributed by atoms with Crippen molar-refractivity contribution >= 4 is 21.6 Å². The van der Waals surface area contributed by atoms with Gasteiger partial charge in [-0.3, -0.25) is 0 Å². The Morgan fingerprint density at radius 1 is 1.12 bits per heavy atom. The fraction of sp³-hybridized carbons (Fsp3) is 0.538. The van der Waals surface area contributed by atoms with Crippen molar-refractivity contribution in [3.8, 4) is 11.5 Å². The third-order valence-electron chi connectivity index (χ3n) is 3.02. The van der Waals surface area contributed by atoms with Crippen molar-refractivity contribution in [1.82, 2.24) is 0 Å². The molecule has 1 aliphatic heterocycles. The number of hydrogen-bond acceptors (Lipinski definition) is 3. The van der Waals surface area contributed by atoms with E-state index >= 15 is 0 Å². The topological polar surface area (TPSA) is 30.5 Å². The minimum Gasteiger partial charge on any atom is -0.486 e. The molecule has 2 rings (SSSR count). The van der Waals surface area contributed by atoms with E-state index in [4.69, 9.17) is 9.47 Å². The molecule has 1 heterocycles. The number of anilines is 1. The fourth-order valence-electron chi connectivity index (χ4n) is 1.59. The molecule has 0 saturated carbocycles. The lowest BCUT2D eigenvalue weighted by atomic mass is 10.1. The summed E-state index contributed by atoms with van der Waals surface area (Å²) >= 11 is 3.55. The van der Waals surface area contributed by atoms with Crippen LogP contribution in [0.4, 0.5) is 5.69 Å². The maximum atomic E-state index is 5.58. The predicted octanol–water partition coefficient (Wildman–Crippen LogP) is 3.68.